The van der Waals surface area contributed by atoms with Gasteiger partial charge in [0.2, 0.25) is 0 Å². The molecule has 3 aromatic rings. The standard InChI is InChI=1S/C25H24O2/c1-26-17-16-23-24(18-8-4-3-5-9-18)21-10-6-7-11-22(21)25(23)19-12-14-20(27-2)15-13-19/h3-15,25H,16-17H2,1-2H3. The van der Waals surface area contributed by atoms with Crippen molar-refractivity contribution in [2.24, 2.45) is 0 Å². The molecule has 0 saturated heterocycles. The minimum atomic E-state index is 0.248. The fraction of sp³-hybridized carbons (Fsp3) is 0.200. The Morgan fingerprint density at radius 2 is 1.48 bits per heavy atom. The lowest BCUT2D eigenvalue weighted by Crippen LogP contribution is -2.04. The average molecular weight is 356 g/mol. The highest BCUT2D eigenvalue weighted by molar-refractivity contribution is 5.89. The van der Waals surface area contributed by atoms with Crippen LogP contribution in [0.1, 0.15) is 34.6 Å². The van der Waals surface area contributed by atoms with Crippen molar-refractivity contribution in [2.75, 3.05) is 20.8 Å². The second-order valence-corrected chi connectivity index (χ2v) is 6.80. The van der Waals surface area contributed by atoms with Crippen molar-refractivity contribution in [3.8, 4) is 5.75 Å². The summed E-state index contributed by atoms with van der Waals surface area (Å²) in [5, 5.41) is 0. The minimum Gasteiger partial charge on any atom is -0.497 e. The first kappa shape index (κ1) is 17.6. The van der Waals surface area contributed by atoms with E-state index < -0.39 is 0 Å². The van der Waals surface area contributed by atoms with Gasteiger partial charge in [-0.25, -0.2) is 0 Å². The molecule has 0 amide bonds. The summed E-state index contributed by atoms with van der Waals surface area (Å²) in [6.07, 6.45) is 0.909. The van der Waals surface area contributed by atoms with Crippen molar-refractivity contribution in [1.82, 2.24) is 0 Å². The third-order valence-electron chi connectivity index (χ3n) is 5.30. The molecule has 1 aliphatic rings. The number of rotatable bonds is 6. The lowest BCUT2D eigenvalue weighted by atomic mass is 9.86. The monoisotopic (exact) mass is 356 g/mol. The van der Waals surface area contributed by atoms with E-state index in [9.17, 15) is 0 Å². The van der Waals surface area contributed by atoms with E-state index in [2.05, 4.69) is 66.7 Å². The molecule has 0 aromatic heterocycles. The van der Waals surface area contributed by atoms with Gasteiger partial charge in [-0.3, -0.25) is 0 Å². The number of hydrogen-bond acceptors (Lipinski definition) is 2. The molecule has 0 aliphatic heterocycles. The molecule has 0 spiro atoms. The predicted molar refractivity (Wildman–Crippen MR) is 110 cm³/mol. The molecule has 2 nitrogen and oxygen atoms in total. The van der Waals surface area contributed by atoms with Crippen molar-refractivity contribution in [2.45, 2.75) is 12.3 Å². The summed E-state index contributed by atoms with van der Waals surface area (Å²) in [5.41, 5.74) is 8.04. The van der Waals surface area contributed by atoms with Crippen molar-refractivity contribution in [3.05, 3.63) is 107 Å². The normalized spacial score (nSPS) is 15.7. The highest BCUT2D eigenvalue weighted by Gasteiger charge is 2.32. The van der Waals surface area contributed by atoms with Crippen LogP contribution < -0.4 is 4.74 Å². The Balaban J connectivity index is 1.90. The highest BCUT2D eigenvalue weighted by atomic mass is 16.5. The van der Waals surface area contributed by atoms with Crippen LogP contribution in [-0.4, -0.2) is 20.8 Å². The Bertz CT molecular complexity index is 940. The SMILES string of the molecule is COCCC1=C(c2ccccc2)c2ccccc2C1c1ccc(OC)cc1. The van der Waals surface area contributed by atoms with Gasteiger partial charge >= 0.3 is 0 Å². The van der Waals surface area contributed by atoms with E-state index >= 15 is 0 Å². The van der Waals surface area contributed by atoms with E-state index in [-0.39, 0.29) is 5.92 Å². The number of ether oxygens (including phenoxy) is 2. The van der Waals surface area contributed by atoms with Crippen molar-refractivity contribution >= 4 is 5.57 Å². The predicted octanol–water partition coefficient (Wildman–Crippen LogP) is 5.68. The highest BCUT2D eigenvalue weighted by Crippen LogP contribution is 2.49. The second kappa shape index (κ2) is 7.81. The molecule has 0 bridgehead atoms. The van der Waals surface area contributed by atoms with Crippen LogP contribution >= 0.6 is 0 Å². The molecule has 136 valence electrons. The summed E-state index contributed by atoms with van der Waals surface area (Å²) >= 11 is 0. The van der Waals surface area contributed by atoms with Gasteiger partial charge in [-0.1, -0.05) is 66.7 Å². The maximum atomic E-state index is 5.45. The van der Waals surface area contributed by atoms with Gasteiger partial charge in [0.05, 0.1) is 7.11 Å². The largest absolute Gasteiger partial charge is 0.497 e. The summed E-state index contributed by atoms with van der Waals surface area (Å²) in [6, 6.07) is 27.9. The second-order valence-electron chi connectivity index (χ2n) is 6.80. The molecule has 0 N–H and O–H groups in total. The van der Waals surface area contributed by atoms with Gasteiger partial charge in [0, 0.05) is 19.6 Å². The zero-order valence-electron chi connectivity index (χ0n) is 15.8. The average Bonchev–Trinajstić information content (AvgIpc) is 3.07. The molecule has 27 heavy (non-hydrogen) atoms. The zero-order chi connectivity index (χ0) is 18.6. The van der Waals surface area contributed by atoms with E-state index in [0.717, 1.165) is 12.2 Å². The fourth-order valence-corrected chi connectivity index (χ4v) is 4.09. The van der Waals surface area contributed by atoms with Gasteiger partial charge in [-0.05, 0) is 52.0 Å². The van der Waals surface area contributed by atoms with Gasteiger partial charge in [0.15, 0.2) is 0 Å². The molecule has 1 atom stereocenters. The Morgan fingerprint density at radius 1 is 0.778 bits per heavy atom. The Hall–Kier alpha value is -2.84. The molecule has 2 heteroatoms. The first-order chi connectivity index (χ1) is 13.3. The molecule has 0 heterocycles. The summed E-state index contributed by atoms with van der Waals surface area (Å²) in [7, 11) is 3.48. The van der Waals surface area contributed by atoms with E-state index in [1.54, 1.807) is 14.2 Å². The van der Waals surface area contributed by atoms with Crippen molar-refractivity contribution in [3.63, 3.8) is 0 Å². The van der Waals surface area contributed by atoms with Crippen LogP contribution in [0, 0.1) is 0 Å². The van der Waals surface area contributed by atoms with E-state index in [0.29, 0.717) is 6.61 Å². The number of fused-ring (bicyclic) bond motifs is 1. The number of methoxy groups -OCH3 is 2. The van der Waals surface area contributed by atoms with Crippen LogP contribution in [0.25, 0.3) is 5.57 Å². The van der Waals surface area contributed by atoms with Gasteiger partial charge in [0.25, 0.3) is 0 Å². The number of benzene rings is 3. The third-order valence-corrected chi connectivity index (χ3v) is 5.30. The van der Waals surface area contributed by atoms with Gasteiger partial charge in [-0.15, -0.1) is 0 Å². The van der Waals surface area contributed by atoms with Crippen molar-refractivity contribution < 1.29 is 9.47 Å². The molecular formula is C25H24O2. The Labute approximate surface area is 161 Å². The molecule has 0 fully saturated rings. The Kier molecular flexibility index (Phi) is 5.08. The van der Waals surface area contributed by atoms with Gasteiger partial charge < -0.3 is 9.47 Å². The Morgan fingerprint density at radius 3 is 2.19 bits per heavy atom. The summed E-state index contributed by atoms with van der Waals surface area (Å²) in [5.74, 6) is 1.13. The van der Waals surface area contributed by atoms with Crippen LogP contribution in [0.5, 0.6) is 5.75 Å². The van der Waals surface area contributed by atoms with Gasteiger partial charge in [-0.2, -0.15) is 0 Å². The van der Waals surface area contributed by atoms with E-state index in [1.165, 1.54) is 33.4 Å². The zero-order valence-corrected chi connectivity index (χ0v) is 15.8. The van der Waals surface area contributed by atoms with E-state index in [1.807, 2.05) is 12.1 Å². The molecule has 1 unspecified atom stereocenters. The van der Waals surface area contributed by atoms with Crippen LogP contribution in [0.3, 0.4) is 0 Å². The quantitative estimate of drug-likeness (QED) is 0.566. The first-order valence-corrected chi connectivity index (χ1v) is 9.34. The number of hydrogen-bond donors (Lipinski definition) is 0. The molecular weight excluding hydrogens is 332 g/mol. The van der Waals surface area contributed by atoms with Crippen LogP contribution in [0.4, 0.5) is 0 Å². The molecule has 1 aliphatic carbocycles. The van der Waals surface area contributed by atoms with Crippen LogP contribution in [0.2, 0.25) is 0 Å². The summed E-state index contributed by atoms with van der Waals surface area (Å²) < 4.78 is 10.8. The molecule has 3 aromatic carbocycles. The molecule has 0 saturated carbocycles. The van der Waals surface area contributed by atoms with Crippen molar-refractivity contribution in [1.29, 1.82) is 0 Å². The lowest BCUT2D eigenvalue weighted by molar-refractivity contribution is 0.201. The smallest absolute Gasteiger partial charge is 0.118 e. The topological polar surface area (TPSA) is 18.5 Å². The first-order valence-electron chi connectivity index (χ1n) is 9.34. The molecule has 4 rings (SSSR count). The lowest BCUT2D eigenvalue weighted by Gasteiger charge is -2.18. The maximum Gasteiger partial charge on any atom is 0.118 e. The minimum absolute atomic E-state index is 0.248. The van der Waals surface area contributed by atoms with Gasteiger partial charge in [0.1, 0.15) is 5.75 Å². The summed E-state index contributed by atoms with van der Waals surface area (Å²) in [4.78, 5) is 0. The van der Waals surface area contributed by atoms with E-state index in [4.69, 9.17) is 9.47 Å². The van der Waals surface area contributed by atoms with Crippen LogP contribution in [-0.2, 0) is 4.74 Å². The van der Waals surface area contributed by atoms with Crippen LogP contribution in [0.15, 0.2) is 84.4 Å². The summed E-state index contributed by atoms with van der Waals surface area (Å²) in [6.45, 7) is 0.715. The molecule has 0 radical (unpaired) electrons. The fourth-order valence-electron chi connectivity index (χ4n) is 4.09. The third kappa shape index (κ3) is 3.29. The maximum absolute atomic E-state index is 5.45.